The van der Waals surface area contributed by atoms with Gasteiger partial charge in [0.2, 0.25) is 0 Å². The van der Waals surface area contributed by atoms with Gasteiger partial charge in [0.25, 0.3) is 11.5 Å². The number of carbonyl (C=O) groups is 1. The normalized spacial score (nSPS) is 13.3. The summed E-state index contributed by atoms with van der Waals surface area (Å²) in [5.41, 5.74) is 8.90. The lowest BCUT2D eigenvalue weighted by Crippen LogP contribution is -2.24. The molecule has 0 unspecified atom stereocenters. The molecule has 7 rings (SSSR count). The molecule has 43 heavy (non-hydrogen) atoms. The molecule has 1 N–H and O–H groups in total. The van der Waals surface area contributed by atoms with Crippen LogP contribution in [-0.4, -0.2) is 32.0 Å². The Morgan fingerprint density at radius 3 is 2.67 bits per heavy atom. The number of thioether (sulfide) groups is 1. The lowest BCUT2D eigenvalue weighted by molar-refractivity contribution is -0.118. The fourth-order valence-corrected chi connectivity index (χ4v) is 8.15. The van der Waals surface area contributed by atoms with E-state index in [4.69, 9.17) is 4.98 Å². The first-order valence-electron chi connectivity index (χ1n) is 14.6. The number of nitrogens with one attached hydrogen (secondary N) is 1. The topological polar surface area (TPSA) is 81.3 Å². The Labute approximate surface area is 257 Å². The predicted molar refractivity (Wildman–Crippen MR) is 178 cm³/mol. The number of hydrazone groups is 1. The number of para-hydroxylation sites is 1. The first-order chi connectivity index (χ1) is 21.0. The molecule has 3 aromatic carbocycles. The smallest absolute Gasteiger partial charge is 0.267 e. The predicted octanol–water partition coefficient (Wildman–Crippen LogP) is 7.00. The largest absolute Gasteiger partial charge is 0.341 e. The van der Waals surface area contributed by atoms with E-state index in [-0.39, 0.29) is 17.2 Å². The second kappa shape index (κ2) is 11.5. The third-order valence-electron chi connectivity index (χ3n) is 8.10. The number of nitrogens with zero attached hydrogens (tertiary/aromatic N) is 4. The van der Waals surface area contributed by atoms with Crippen molar-refractivity contribution in [3.05, 3.63) is 98.7 Å². The zero-order valence-corrected chi connectivity index (χ0v) is 25.7. The summed E-state index contributed by atoms with van der Waals surface area (Å²) in [5, 5.41) is 7.84. The number of benzene rings is 3. The minimum atomic E-state index is -0.264. The van der Waals surface area contributed by atoms with Gasteiger partial charge in [-0.05, 0) is 81.0 Å². The van der Waals surface area contributed by atoms with E-state index in [2.05, 4.69) is 58.4 Å². The summed E-state index contributed by atoms with van der Waals surface area (Å²) >= 11 is 2.87. The molecule has 1 aliphatic carbocycles. The molecule has 7 nitrogen and oxygen atoms in total. The molecule has 9 heteroatoms. The van der Waals surface area contributed by atoms with E-state index in [0.29, 0.717) is 5.16 Å². The minimum Gasteiger partial charge on any atom is -0.341 e. The summed E-state index contributed by atoms with van der Waals surface area (Å²) in [6.45, 7) is 5.06. The minimum absolute atomic E-state index is 0.0611. The maximum Gasteiger partial charge on any atom is 0.267 e. The number of hydrogen-bond acceptors (Lipinski definition) is 6. The van der Waals surface area contributed by atoms with Crippen molar-refractivity contribution in [2.24, 2.45) is 5.10 Å². The molecule has 0 fully saturated rings. The van der Waals surface area contributed by atoms with Crippen LogP contribution in [0.5, 0.6) is 0 Å². The summed E-state index contributed by atoms with van der Waals surface area (Å²) in [7, 11) is 0. The van der Waals surface area contributed by atoms with Crippen molar-refractivity contribution >= 4 is 67.2 Å². The molecule has 0 saturated carbocycles. The van der Waals surface area contributed by atoms with Crippen LogP contribution < -0.4 is 11.0 Å². The van der Waals surface area contributed by atoms with Gasteiger partial charge in [-0.15, -0.1) is 11.3 Å². The summed E-state index contributed by atoms with van der Waals surface area (Å²) in [6.07, 6.45) is 5.82. The zero-order chi connectivity index (χ0) is 29.5. The summed E-state index contributed by atoms with van der Waals surface area (Å²) in [4.78, 5) is 33.8. The lowest BCUT2D eigenvalue weighted by Gasteiger charge is -2.13. The lowest BCUT2D eigenvalue weighted by atomic mass is 9.97. The Morgan fingerprint density at radius 2 is 1.84 bits per heavy atom. The highest BCUT2D eigenvalue weighted by Crippen LogP contribution is 2.35. The Hall–Kier alpha value is -4.21. The SMILES string of the molecule is CCn1c2ccccc2c2cc(C=NNC(=O)CSc3nc4sc5c(c4c(=O)n3-c3ccc(C)cc3)CCCC5)ccc21. The van der Waals surface area contributed by atoms with Crippen molar-refractivity contribution in [2.45, 2.75) is 51.2 Å². The van der Waals surface area contributed by atoms with Gasteiger partial charge in [-0.3, -0.25) is 14.2 Å². The quantitative estimate of drug-likeness (QED) is 0.0919. The van der Waals surface area contributed by atoms with Gasteiger partial charge < -0.3 is 4.57 Å². The van der Waals surface area contributed by atoms with E-state index in [9.17, 15) is 9.59 Å². The van der Waals surface area contributed by atoms with Crippen molar-refractivity contribution in [3.63, 3.8) is 0 Å². The second-order valence-electron chi connectivity index (χ2n) is 10.9. The molecule has 3 heterocycles. The molecule has 3 aromatic heterocycles. The number of aryl methyl sites for hydroxylation is 4. The Balaban J connectivity index is 1.13. The van der Waals surface area contributed by atoms with Crippen LogP contribution in [0.4, 0.5) is 0 Å². The molecule has 0 saturated heterocycles. The van der Waals surface area contributed by atoms with Gasteiger partial charge in [-0.2, -0.15) is 5.10 Å². The zero-order valence-electron chi connectivity index (χ0n) is 24.1. The number of aromatic nitrogens is 3. The van der Waals surface area contributed by atoms with Crippen molar-refractivity contribution in [2.75, 3.05) is 5.75 Å². The number of carbonyl (C=O) groups excluding carboxylic acids is 1. The number of amides is 1. The van der Waals surface area contributed by atoms with E-state index < -0.39 is 0 Å². The number of rotatable bonds is 7. The van der Waals surface area contributed by atoms with Gasteiger partial charge in [-0.1, -0.05) is 53.7 Å². The average molecular weight is 606 g/mol. The van der Waals surface area contributed by atoms with Crippen LogP contribution in [0, 0.1) is 6.92 Å². The molecule has 0 spiro atoms. The number of hydrogen-bond donors (Lipinski definition) is 1. The van der Waals surface area contributed by atoms with Crippen molar-refractivity contribution in [3.8, 4) is 5.69 Å². The van der Waals surface area contributed by atoms with Gasteiger partial charge in [0.1, 0.15) is 4.83 Å². The number of fused-ring (bicyclic) bond motifs is 6. The van der Waals surface area contributed by atoms with Crippen LogP contribution in [0.1, 0.15) is 41.3 Å². The first-order valence-corrected chi connectivity index (χ1v) is 16.4. The van der Waals surface area contributed by atoms with Crippen molar-refractivity contribution in [1.82, 2.24) is 19.5 Å². The Morgan fingerprint density at radius 1 is 1.05 bits per heavy atom. The molecule has 216 valence electrons. The molecule has 1 aliphatic rings. The number of thiophene rings is 1. The van der Waals surface area contributed by atoms with Gasteiger partial charge in [-0.25, -0.2) is 10.4 Å². The van der Waals surface area contributed by atoms with E-state index in [1.807, 2.05) is 37.3 Å². The summed E-state index contributed by atoms with van der Waals surface area (Å²) in [5.74, 6) is -0.185. The highest BCUT2D eigenvalue weighted by Gasteiger charge is 2.23. The molecule has 0 radical (unpaired) electrons. The van der Waals surface area contributed by atoms with Crippen molar-refractivity contribution in [1.29, 1.82) is 0 Å². The standard InChI is InChI=1S/C34H31N5O2S2/c1-3-38-27-10-6-4-8-24(27)26-18-22(14-17-28(26)38)19-35-37-30(40)20-42-34-36-32-31(25-9-5-7-11-29(25)43-32)33(41)39(34)23-15-12-21(2)13-16-23/h4,6,8,10,12-19H,3,5,7,9,11,20H2,1-2H3,(H,37,40). The molecule has 0 bridgehead atoms. The van der Waals surface area contributed by atoms with Crippen LogP contribution in [0.25, 0.3) is 37.7 Å². The second-order valence-corrected chi connectivity index (χ2v) is 12.9. The average Bonchev–Trinajstić information content (AvgIpc) is 3.56. The highest BCUT2D eigenvalue weighted by atomic mass is 32.2. The van der Waals surface area contributed by atoms with Gasteiger partial charge in [0, 0.05) is 33.2 Å². The summed E-state index contributed by atoms with van der Waals surface area (Å²) in [6, 6.07) is 22.5. The van der Waals surface area contributed by atoms with Crippen LogP contribution >= 0.6 is 23.1 Å². The van der Waals surface area contributed by atoms with Gasteiger partial charge >= 0.3 is 0 Å². The van der Waals surface area contributed by atoms with Crippen LogP contribution in [0.15, 0.2) is 81.8 Å². The van der Waals surface area contributed by atoms with E-state index in [1.165, 1.54) is 33.1 Å². The van der Waals surface area contributed by atoms with E-state index in [1.54, 1.807) is 22.1 Å². The Kier molecular flexibility index (Phi) is 7.36. The monoisotopic (exact) mass is 605 g/mol. The van der Waals surface area contributed by atoms with Crippen LogP contribution in [0.3, 0.4) is 0 Å². The molecule has 0 atom stereocenters. The third-order valence-corrected chi connectivity index (χ3v) is 10.2. The van der Waals surface area contributed by atoms with Crippen LogP contribution in [0.2, 0.25) is 0 Å². The third kappa shape index (κ3) is 5.06. The van der Waals surface area contributed by atoms with Crippen LogP contribution in [-0.2, 0) is 24.2 Å². The molecular weight excluding hydrogens is 575 g/mol. The van der Waals surface area contributed by atoms with Gasteiger partial charge in [0.05, 0.1) is 23.0 Å². The van der Waals surface area contributed by atoms with E-state index in [0.717, 1.165) is 70.2 Å². The maximum atomic E-state index is 13.9. The van der Waals surface area contributed by atoms with E-state index >= 15 is 0 Å². The van der Waals surface area contributed by atoms with Gasteiger partial charge in [0.15, 0.2) is 5.16 Å². The van der Waals surface area contributed by atoms with Crippen molar-refractivity contribution < 1.29 is 4.79 Å². The first kappa shape index (κ1) is 27.6. The molecule has 1 amide bonds. The molecular formula is C34H31N5O2S2. The Bertz CT molecular complexity index is 2100. The summed E-state index contributed by atoms with van der Waals surface area (Å²) < 4.78 is 3.96. The molecule has 0 aliphatic heterocycles. The maximum absolute atomic E-state index is 13.9. The highest BCUT2D eigenvalue weighted by molar-refractivity contribution is 7.99. The fourth-order valence-electron chi connectivity index (χ4n) is 6.04. The molecule has 6 aromatic rings. The fraction of sp³-hybridized carbons (Fsp3) is 0.235.